The largest absolute Gasteiger partial charge is 0.487 e. The van der Waals surface area contributed by atoms with Crippen molar-refractivity contribution in [2.75, 3.05) is 12.4 Å². The van der Waals surface area contributed by atoms with Crippen LogP contribution in [-0.4, -0.2) is 37.9 Å². The number of ether oxygens (including phenoxy) is 1. The molecule has 2 aromatic carbocycles. The van der Waals surface area contributed by atoms with Gasteiger partial charge in [-0.2, -0.15) is 0 Å². The number of anilines is 1. The quantitative estimate of drug-likeness (QED) is 0.254. The number of benzene rings is 2. The maximum Gasteiger partial charge on any atom is 0.255 e. The van der Waals surface area contributed by atoms with E-state index in [2.05, 4.69) is 44.0 Å². The maximum atomic E-state index is 13.5. The van der Waals surface area contributed by atoms with E-state index in [0.29, 0.717) is 38.1 Å². The molecule has 1 amide bonds. The van der Waals surface area contributed by atoms with Crippen LogP contribution in [0.3, 0.4) is 0 Å². The Morgan fingerprint density at radius 3 is 2.59 bits per heavy atom. The molecule has 2 heterocycles. The normalized spacial score (nSPS) is 19.0. The van der Waals surface area contributed by atoms with Gasteiger partial charge in [-0.15, -0.1) is 11.3 Å². The second-order valence-corrected chi connectivity index (χ2v) is 15.9. The fraction of sp³-hybridized carbons (Fsp3) is 0.433. The van der Waals surface area contributed by atoms with Gasteiger partial charge in [-0.3, -0.25) is 9.69 Å². The highest BCUT2D eigenvalue weighted by atomic mass is 79.9. The molecule has 5 rings (SSSR count). The third-order valence-electron chi connectivity index (χ3n) is 7.80. The lowest BCUT2D eigenvalue weighted by Crippen LogP contribution is -2.41. The summed E-state index contributed by atoms with van der Waals surface area (Å²) in [6, 6.07) is 14.5. The third kappa shape index (κ3) is 7.17. The van der Waals surface area contributed by atoms with Gasteiger partial charge in [-0.05, 0) is 85.6 Å². The molecule has 1 aromatic heterocycles. The van der Waals surface area contributed by atoms with Gasteiger partial charge in [0.2, 0.25) is 0 Å². The highest BCUT2D eigenvalue weighted by Crippen LogP contribution is 2.42. The van der Waals surface area contributed by atoms with Gasteiger partial charge in [-0.25, -0.2) is 13.1 Å². The fourth-order valence-corrected chi connectivity index (χ4v) is 9.23. The van der Waals surface area contributed by atoms with Gasteiger partial charge < -0.3 is 10.1 Å². The molecule has 11 heteroatoms. The highest BCUT2D eigenvalue weighted by Gasteiger charge is 2.37. The number of thiophene rings is 1. The summed E-state index contributed by atoms with van der Waals surface area (Å²) in [6.07, 6.45) is 6.65. The van der Waals surface area contributed by atoms with Crippen LogP contribution in [0.2, 0.25) is 4.34 Å². The Morgan fingerprint density at radius 2 is 1.88 bits per heavy atom. The number of sulfonamides is 1. The average molecular weight is 681 g/mol. The zero-order valence-electron chi connectivity index (χ0n) is 23.4. The number of carbonyl (C=O) groups excluding carboxylic acids is 1. The molecule has 0 saturated heterocycles. The molecule has 1 aliphatic heterocycles. The van der Waals surface area contributed by atoms with Gasteiger partial charge in [0, 0.05) is 40.3 Å². The average Bonchev–Trinajstić information content (AvgIpc) is 3.28. The fourth-order valence-electron chi connectivity index (χ4n) is 5.70. The molecule has 1 fully saturated rings. The number of hydrogen-bond acceptors (Lipinski definition) is 6. The van der Waals surface area contributed by atoms with Crippen molar-refractivity contribution in [3.8, 4) is 5.75 Å². The first-order valence-electron chi connectivity index (χ1n) is 13.8. The van der Waals surface area contributed by atoms with Crippen LogP contribution in [0.15, 0.2) is 57.2 Å². The number of rotatable bonds is 8. The summed E-state index contributed by atoms with van der Waals surface area (Å²) in [4.78, 5) is 15.9. The van der Waals surface area contributed by atoms with Gasteiger partial charge in [0.1, 0.15) is 19.9 Å². The van der Waals surface area contributed by atoms with Gasteiger partial charge in [0.05, 0.1) is 6.04 Å². The summed E-state index contributed by atoms with van der Waals surface area (Å²) in [5.74, 6) is 0.284. The monoisotopic (exact) mass is 679 g/mol. The Kier molecular flexibility index (Phi) is 9.18. The number of fused-ring (bicyclic) bond motifs is 1. The van der Waals surface area contributed by atoms with E-state index < -0.39 is 21.7 Å². The number of nitrogens with zero attached hydrogens (tertiary/aromatic N) is 1. The zero-order chi connectivity index (χ0) is 29.4. The van der Waals surface area contributed by atoms with Gasteiger partial charge >= 0.3 is 0 Å². The second kappa shape index (κ2) is 12.3. The number of nitrogens with one attached hydrogen (secondary N) is 2. The molecule has 41 heavy (non-hydrogen) atoms. The molecule has 2 N–H and O–H groups in total. The van der Waals surface area contributed by atoms with Crippen LogP contribution in [0.1, 0.15) is 79.9 Å². The van der Waals surface area contributed by atoms with Crippen molar-refractivity contribution in [3.05, 3.63) is 74.0 Å². The lowest BCUT2D eigenvalue weighted by Gasteiger charge is -2.37. The number of amides is 1. The van der Waals surface area contributed by atoms with E-state index in [4.69, 9.17) is 16.3 Å². The van der Waals surface area contributed by atoms with E-state index in [1.165, 1.54) is 38.2 Å². The van der Waals surface area contributed by atoms with Crippen LogP contribution in [0.25, 0.3) is 0 Å². The van der Waals surface area contributed by atoms with Crippen LogP contribution in [0, 0.1) is 0 Å². The summed E-state index contributed by atoms with van der Waals surface area (Å²) in [5.41, 5.74) is 2.26. The summed E-state index contributed by atoms with van der Waals surface area (Å²) in [7, 11) is -1.71. The van der Waals surface area contributed by atoms with Crippen LogP contribution in [-0.2, 0) is 16.6 Å². The number of para-hydroxylation sites is 1. The Labute approximate surface area is 259 Å². The molecule has 0 radical (unpaired) electrons. The molecule has 1 aliphatic carbocycles. The Bertz CT molecular complexity index is 1520. The highest BCUT2D eigenvalue weighted by molar-refractivity contribution is 9.10. The molecule has 7 nitrogen and oxygen atoms in total. The van der Waals surface area contributed by atoms with Crippen molar-refractivity contribution in [1.82, 2.24) is 9.62 Å². The van der Waals surface area contributed by atoms with E-state index >= 15 is 0 Å². The molecule has 3 aromatic rings. The first kappa shape index (κ1) is 30.5. The van der Waals surface area contributed by atoms with E-state index in [0.717, 1.165) is 29.1 Å². The topological polar surface area (TPSA) is 87.7 Å². The van der Waals surface area contributed by atoms with Crippen molar-refractivity contribution in [2.45, 2.75) is 80.8 Å². The molecular weight excluding hydrogens is 646 g/mol. The van der Waals surface area contributed by atoms with Crippen molar-refractivity contribution < 1.29 is 17.9 Å². The van der Waals surface area contributed by atoms with Crippen molar-refractivity contribution in [3.63, 3.8) is 0 Å². The molecular formula is C30H35BrClN3O4S2. The third-order valence-corrected chi connectivity index (χ3v) is 12.2. The summed E-state index contributed by atoms with van der Waals surface area (Å²) >= 11 is 10.4. The van der Waals surface area contributed by atoms with Crippen molar-refractivity contribution in [2.24, 2.45) is 0 Å². The van der Waals surface area contributed by atoms with Crippen LogP contribution in [0.4, 0.5) is 5.69 Å². The Morgan fingerprint density at radius 1 is 1.15 bits per heavy atom. The summed E-state index contributed by atoms with van der Waals surface area (Å²) in [6.45, 7) is 4.58. The molecule has 1 saturated carbocycles. The second-order valence-electron chi connectivity index (χ2n) is 11.5. The first-order chi connectivity index (χ1) is 19.4. The SMILES string of the molecule is CN(Cc1ccccc1NC(=O)c1ccc2c(c1)[C@@H](NS(=O)(=O)c1cc(Br)c(Cl)s1)CC(C)(C)O2)C1CCCCC1. The maximum absolute atomic E-state index is 13.5. The van der Waals surface area contributed by atoms with E-state index in [1.54, 1.807) is 18.2 Å². The minimum Gasteiger partial charge on any atom is -0.487 e. The summed E-state index contributed by atoms with van der Waals surface area (Å²) < 4.78 is 36.6. The lowest BCUT2D eigenvalue weighted by molar-refractivity contribution is 0.0701. The Balaban J connectivity index is 1.37. The lowest BCUT2D eigenvalue weighted by atomic mass is 9.89. The molecule has 0 unspecified atom stereocenters. The minimum atomic E-state index is -3.87. The summed E-state index contributed by atoms with van der Waals surface area (Å²) in [5, 5.41) is 3.09. The van der Waals surface area contributed by atoms with Crippen LogP contribution in [0.5, 0.6) is 5.75 Å². The molecule has 2 aliphatic rings. The Hall–Kier alpha value is -1.95. The predicted octanol–water partition coefficient (Wildman–Crippen LogP) is 7.76. The first-order valence-corrected chi connectivity index (χ1v) is 17.3. The van der Waals surface area contributed by atoms with E-state index in [9.17, 15) is 13.2 Å². The number of carbonyl (C=O) groups is 1. The van der Waals surface area contributed by atoms with E-state index in [1.807, 2.05) is 32.0 Å². The van der Waals surface area contributed by atoms with Crippen molar-refractivity contribution in [1.29, 1.82) is 0 Å². The number of halogens is 2. The van der Waals surface area contributed by atoms with E-state index in [-0.39, 0.29) is 10.1 Å². The van der Waals surface area contributed by atoms with Gasteiger partial charge in [-0.1, -0.05) is 49.1 Å². The molecule has 1 atom stereocenters. The van der Waals surface area contributed by atoms with Gasteiger partial charge in [0.15, 0.2) is 0 Å². The molecule has 220 valence electrons. The minimum absolute atomic E-state index is 0.115. The molecule has 0 bridgehead atoms. The zero-order valence-corrected chi connectivity index (χ0v) is 27.4. The van der Waals surface area contributed by atoms with Crippen LogP contribution >= 0.6 is 38.9 Å². The van der Waals surface area contributed by atoms with Gasteiger partial charge in [0.25, 0.3) is 15.9 Å². The predicted molar refractivity (Wildman–Crippen MR) is 169 cm³/mol. The standard InChI is InChI=1S/C30H35BrClN3O4S2/c1-30(2)17-25(34-41(37,38)27-16-23(31)28(32)40-27)22-15-19(13-14-26(22)39-30)29(36)33-24-12-8-7-9-20(24)18-35(3)21-10-5-4-6-11-21/h7-9,12-16,21,25,34H,4-6,10-11,17-18H2,1-3H3,(H,33,36)/t25-/m0/s1. The number of hydrogen-bond donors (Lipinski definition) is 2. The smallest absolute Gasteiger partial charge is 0.255 e. The van der Waals surface area contributed by atoms with Crippen molar-refractivity contribution >= 4 is 60.5 Å². The molecule has 0 spiro atoms. The van der Waals surface area contributed by atoms with Crippen LogP contribution < -0.4 is 14.8 Å².